The van der Waals surface area contributed by atoms with Crippen LogP contribution in [0.3, 0.4) is 0 Å². The number of benzene rings is 5. The van der Waals surface area contributed by atoms with Gasteiger partial charge in [0, 0.05) is 33.3 Å². The normalized spacial score (nSPS) is 11.6. The van der Waals surface area contributed by atoms with E-state index in [9.17, 15) is 0 Å². The van der Waals surface area contributed by atoms with E-state index in [-0.39, 0.29) is 0 Å². The Labute approximate surface area is 217 Å². The molecule has 1 heterocycles. The Morgan fingerprint density at radius 2 is 1.32 bits per heavy atom. The Morgan fingerprint density at radius 1 is 0.676 bits per heavy atom. The minimum Gasteiger partial charge on any atom is -0.455 e. The van der Waals surface area contributed by atoms with Crippen LogP contribution in [0, 0.1) is 0 Å². The van der Waals surface area contributed by atoms with Crippen molar-refractivity contribution in [2.75, 3.05) is 4.90 Å². The van der Waals surface area contributed by atoms with Crippen molar-refractivity contribution < 1.29 is 4.42 Å². The number of furan rings is 1. The molecule has 1 aromatic heterocycles. The smallest absolute Gasteiger partial charge is 0.143 e. The number of fused-ring (bicyclic) bond motifs is 2. The van der Waals surface area contributed by atoms with Crippen LogP contribution in [0.4, 0.5) is 17.1 Å². The molecule has 0 fully saturated rings. The van der Waals surface area contributed by atoms with Gasteiger partial charge < -0.3 is 9.32 Å². The number of anilines is 3. The van der Waals surface area contributed by atoms with Crippen molar-refractivity contribution in [3.05, 3.63) is 146 Å². The molecule has 0 bridgehead atoms. The van der Waals surface area contributed by atoms with Gasteiger partial charge in [-0.3, -0.25) is 0 Å². The highest BCUT2D eigenvalue weighted by atomic mass is 16.3. The SMILES string of the molecule is C=C/C(=C\C)c1c(-c2ccc(N(c3ccccc3)c3cccc4ccccc34)cc2)oc2ccccc12. The van der Waals surface area contributed by atoms with Crippen LogP contribution in [-0.2, 0) is 0 Å². The third kappa shape index (κ3) is 4.03. The van der Waals surface area contributed by atoms with Crippen LogP contribution in [-0.4, -0.2) is 0 Å². The Hall–Kier alpha value is -4.82. The molecular weight excluding hydrogens is 450 g/mol. The molecule has 0 amide bonds. The van der Waals surface area contributed by atoms with Crippen LogP contribution in [0.5, 0.6) is 0 Å². The molecule has 0 unspecified atom stereocenters. The lowest BCUT2D eigenvalue weighted by Crippen LogP contribution is -2.10. The molecule has 0 radical (unpaired) electrons. The topological polar surface area (TPSA) is 16.4 Å². The van der Waals surface area contributed by atoms with Gasteiger partial charge in [0.25, 0.3) is 0 Å². The van der Waals surface area contributed by atoms with Crippen LogP contribution in [0.2, 0.25) is 0 Å². The summed E-state index contributed by atoms with van der Waals surface area (Å²) in [4.78, 5) is 2.31. The van der Waals surface area contributed by atoms with Crippen molar-refractivity contribution in [1.29, 1.82) is 0 Å². The lowest BCUT2D eigenvalue weighted by atomic mass is 9.98. The van der Waals surface area contributed by atoms with Crippen LogP contribution < -0.4 is 4.90 Å². The second kappa shape index (κ2) is 9.67. The fourth-order valence-corrected chi connectivity index (χ4v) is 5.07. The molecule has 178 valence electrons. The quantitative estimate of drug-likeness (QED) is 0.222. The van der Waals surface area contributed by atoms with E-state index in [1.54, 1.807) is 0 Å². The van der Waals surface area contributed by atoms with E-state index in [1.807, 2.05) is 31.2 Å². The molecule has 0 N–H and O–H groups in total. The Kier molecular flexibility index (Phi) is 5.92. The minimum atomic E-state index is 0.858. The Balaban J connectivity index is 1.51. The number of rotatable bonds is 6. The molecule has 0 saturated heterocycles. The number of hydrogen-bond donors (Lipinski definition) is 0. The maximum Gasteiger partial charge on any atom is 0.143 e. The van der Waals surface area contributed by atoms with E-state index >= 15 is 0 Å². The summed E-state index contributed by atoms with van der Waals surface area (Å²) in [7, 11) is 0. The second-order valence-corrected chi connectivity index (χ2v) is 8.97. The van der Waals surface area contributed by atoms with Crippen LogP contribution in [0.1, 0.15) is 12.5 Å². The van der Waals surface area contributed by atoms with Gasteiger partial charge in [-0.2, -0.15) is 0 Å². The summed E-state index contributed by atoms with van der Waals surface area (Å²) in [6, 6.07) is 42.3. The van der Waals surface area contributed by atoms with Crippen molar-refractivity contribution in [1.82, 2.24) is 0 Å². The molecule has 0 aliphatic rings. The molecule has 2 heteroatoms. The van der Waals surface area contributed by atoms with Crippen molar-refractivity contribution in [3.8, 4) is 11.3 Å². The van der Waals surface area contributed by atoms with E-state index in [4.69, 9.17) is 4.42 Å². The molecule has 0 aliphatic heterocycles. The van der Waals surface area contributed by atoms with Gasteiger partial charge in [0.1, 0.15) is 11.3 Å². The predicted molar refractivity (Wildman–Crippen MR) is 158 cm³/mol. The first-order valence-corrected chi connectivity index (χ1v) is 12.5. The van der Waals surface area contributed by atoms with Gasteiger partial charge >= 0.3 is 0 Å². The number of para-hydroxylation sites is 2. The zero-order valence-electron chi connectivity index (χ0n) is 20.8. The second-order valence-electron chi connectivity index (χ2n) is 8.97. The average Bonchev–Trinajstić information content (AvgIpc) is 3.35. The van der Waals surface area contributed by atoms with E-state index in [0.29, 0.717) is 0 Å². The maximum atomic E-state index is 6.39. The summed E-state index contributed by atoms with van der Waals surface area (Å²) >= 11 is 0. The van der Waals surface area contributed by atoms with Crippen LogP contribution in [0.15, 0.2) is 144 Å². The third-order valence-electron chi connectivity index (χ3n) is 6.82. The predicted octanol–water partition coefficient (Wildman–Crippen LogP) is 10.3. The zero-order chi connectivity index (χ0) is 25.2. The van der Waals surface area contributed by atoms with E-state index < -0.39 is 0 Å². The first-order valence-electron chi connectivity index (χ1n) is 12.5. The highest BCUT2D eigenvalue weighted by molar-refractivity contribution is 6.01. The highest BCUT2D eigenvalue weighted by Crippen LogP contribution is 2.42. The van der Waals surface area contributed by atoms with Crippen molar-refractivity contribution >= 4 is 44.4 Å². The summed E-state index contributed by atoms with van der Waals surface area (Å²) in [5.41, 5.74) is 7.38. The number of nitrogens with zero attached hydrogens (tertiary/aromatic N) is 1. The van der Waals surface area contributed by atoms with Crippen molar-refractivity contribution in [3.63, 3.8) is 0 Å². The Morgan fingerprint density at radius 3 is 2.08 bits per heavy atom. The van der Waals surface area contributed by atoms with Crippen molar-refractivity contribution in [2.45, 2.75) is 6.92 Å². The average molecular weight is 478 g/mol. The fourth-order valence-electron chi connectivity index (χ4n) is 5.07. The number of allylic oxidation sites excluding steroid dienone is 3. The first-order chi connectivity index (χ1) is 18.3. The summed E-state index contributed by atoms with van der Waals surface area (Å²) in [6.45, 7) is 6.08. The highest BCUT2D eigenvalue weighted by Gasteiger charge is 2.19. The van der Waals surface area contributed by atoms with Gasteiger partial charge in [-0.1, -0.05) is 91.5 Å². The minimum absolute atomic E-state index is 0.858. The van der Waals surface area contributed by atoms with Gasteiger partial charge in [0.15, 0.2) is 0 Å². The van der Waals surface area contributed by atoms with Gasteiger partial charge in [-0.15, -0.1) is 0 Å². The summed E-state index contributed by atoms with van der Waals surface area (Å²) in [5, 5.41) is 3.52. The van der Waals surface area contributed by atoms with E-state index in [2.05, 4.69) is 121 Å². The van der Waals surface area contributed by atoms with Crippen molar-refractivity contribution in [2.24, 2.45) is 0 Å². The molecular formula is C35H27NO. The van der Waals surface area contributed by atoms with Crippen LogP contribution >= 0.6 is 0 Å². The standard InChI is InChI=1S/C35H27NO/c1-3-25(4-2)34-31-18-10-11-20-33(31)37-35(34)27-21-23-29(24-22-27)36(28-15-6-5-7-16-28)32-19-12-14-26-13-8-9-17-30(26)32/h3-24H,1H2,2H3/b25-4+. The van der Waals surface area contributed by atoms with Gasteiger partial charge in [0.05, 0.1) is 5.69 Å². The molecule has 2 nitrogen and oxygen atoms in total. The zero-order valence-corrected chi connectivity index (χ0v) is 20.8. The molecule has 6 aromatic rings. The molecule has 0 saturated carbocycles. The monoisotopic (exact) mass is 477 g/mol. The Bertz CT molecular complexity index is 1730. The molecule has 0 spiro atoms. The maximum absolute atomic E-state index is 6.39. The number of hydrogen-bond acceptors (Lipinski definition) is 2. The molecule has 0 atom stereocenters. The lowest BCUT2D eigenvalue weighted by Gasteiger charge is -2.27. The van der Waals surface area contributed by atoms with Gasteiger partial charge in [0.2, 0.25) is 0 Å². The van der Waals surface area contributed by atoms with Gasteiger partial charge in [-0.05, 0) is 66.4 Å². The molecule has 6 rings (SSSR count). The summed E-state index contributed by atoms with van der Waals surface area (Å²) in [5.74, 6) is 0.858. The summed E-state index contributed by atoms with van der Waals surface area (Å²) < 4.78 is 6.39. The molecule has 5 aromatic carbocycles. The fraction of sp³-hybridized carbons (Fsp3) is 0.0286. The molecule has 37 heavy (non-hydrogen) atoms. The van der Waals surface area contributed by atoms with Gasteiger partial charge in [-0.25, -0.2) is 0 Å². The molecule has 0 aliphatic carbocycles. The van der Waals surface area contributed by atoms with E-state index in [1.165, 1.54) is 10.8 Å². The van der Waals surface area contributed by atoms with Crippen LogP contribution in [0.25, 0.3) is 38.6 Å². The van der Waals surface area contributed by atoms with E-state index in [0.717, 1.165) is 50.5 Å². The third-order valence-corrected chi connectivity index (χ3v) is 6.82. The summed E-state index contributed by atoms with van der Waals surface area (Å²) in [6.07, 6.45) is 3.98. The lowest BCUT2D eigenvalue weighted by molar-refractivity contribution is 0.630. The first kappa shape index (κ1) is 22.6. The largest absolute Gasteiger partial charge is 0.455 e.